The van der Waals surface area contributed by atoms with Crippen molar-refractivity contribution in [3.8, 4) is 11.4 Å². The van der Waals surface area contributed by atoms with Crippen LogP contribution in [0.3, 0.4) is 0 Å². The lowest BCUT2D eigenvalue weighted by Gasteiger charge is -2.13. The third-order valence-electron chi connectivity index (χ3n) is 6.36. The van der Waals surface area contributed by atoms with Gasteiger partial charge in [-0.2, -0.15) is 0 Å². The molecule has 1 amide bonds. The van der Waals surface area contributed by atoms with E-state index in [9.17, 15) is 14.9 Å². The molecule has 2 heterocycles. The molecular formula is C27H26N6O3. The third kappa shape index (κ3) is 4.81. The molecule has 0 unspecified atom stereocenters. The first-order valence-corrected chi connectivity index (χ1v) is 11.9. The minimum absolute atomic E-state index is 0.178. The van der Waals surface area contributed by atoms with E-state index < -0.39 is 10.8 Å². The monoisotopic (exact) mass is 482 g/mol. The van der Waals surface area contributed by atoms with Crippen molar-refractivity contribution in [1.29, 1.82) is 0 Å². The van der Waals surface area contributed by atoms with Gasteiger partial charge in [-0.1, -0.05) is 36.8 Å². The molecule has 1 aliphatic rings. The van der Waals surface area contributed by atoms with Gasteiger partial charge in [-0.25, -0.2) is 0 Å². The number of anilines is 3. The van der Waals surface area contributed by atoms with Gasteiger partial charge in [0.2, 0.25) is 0 Å². The highest BCUT2D eigenvalue weighted by atomic mass is 16.6. The molecule has 36 heavy (non-hydrogen) atoms. The molecule has 5 rings (SSSR count). The molecule has 0 spiro atoms. The lowest BCUT2D eigenvalue weighted by molar-refractivity contribution is -0.383. The number of nitrogens with one attached hydrogen (secondary N) is 2. The number of para-hydroxylation sites is 1. The van der Waals surface area contributed by atoms with Crippen LogP contribution in [0.15, 0.2) is 66.7 Å². The highest BCUT2D eigenvalue weighted by Crippen LogP contribution is 2.30. The first-order chi connectivity index (χ1) is 17.5. The molecule has 0 bridgehead atoms. The van der Waals surface area contributed by atoms with Crippen molar-refractivity contribution >= 4 is 28.7 Å². The fourth-order valence-electron chi connectivity index (χ4n) is 4.40. The summed E-state index contributed by atoms with van der Waals surface area (Å²) in [5.74, 6) is 1.35. The summed E-state index contributed by atoms with van der Waals surface area (Å²) in [5, 5.41) is 26.5. The zero-order chi connectivity index (χ0) is 25.1. The standard InChI is InChI=1S/C27H26N6O3/c1-18-11-12-19(26-31-30-25-10-6-3-7-15-32(25)26)16-23(18)29-27(34)20-13-14-22(24(17-20)33(35)36)28-21-8-4-2-5-9-21/h2,4-5,8-9,11-14,16-17,28H,3,6-7,10,15H2,1H3,(H,29,34). The fraction of sp³-hybridized carbons (Fsp3) is 0.222. The maximum absolute atomic E-state index is 13.1. The summed E-state index contributed by atoms with van der Waals surface area (Å²) in [4.78, 5) is 24.3. The summed E-state index contributed by atoms with van der Waals surface area (Å²) in [7, 11) is 0. The SMILES string of the molecule is Cc1ccc(-c2nnc3n2CCCCC3)cc1NC(=O)c1ccc(Nc2ccccc2)c([N+](=O)[O-])c1. The minimum atomic E-state index is -0.495. The molecular weight excluding hydrogens is 456 g/mol. The molecule has 1 aliphatic heterocycles. The summed E-state index contributed by atoms with van der Waals surface area (Å²) in [6.45, 7) is 2.78. The highest BCUT2D eigenvalue weighted by molar-refractivity contribution is 6.05. The predicted octanol–water partition coefficient (Wildman–Crippen LogP) is 5.88. The second-order valence-electron chi connectivity index (χ2n) is 8.87. The van der Waals surface area contributed by atoms with Gasteiger partial charge >= 0.3 is 0 Å². The molecule has 4 aromatic rings. The average Bonchev–Trinajstić information content (AvgIpc) is 3.13. The Morgan fingerprint density at radius 2 is 1.81 bits per heavy atom. The molecule has 1 aromatic heterocycles. The number of carbonyl (C=O) groups is 1. The number of hydrogen-bond acceptors (Lipinski definition) is 6. The number of fused-ring (bicyclic) bond motifs is 1. The molecule has 0 aliphatic carbocycles. The number of aromatic nitrogens is 3. The Morgan fingerprint density at radius 3 is 2.61 bits per heavy atom. The molecule has 0 radical (unpaired) electrons. The number of benzene rings is 3. The Hall–Kier alpha value is -4.53. The number of aryl methyl sites for hydroxylation is 2. The lowest BCUT2D eigenvalue weighted by atomic mass is 10.1. The van der Waals surface area contributed by atoms with E-state index in [-0.39, 0.29) is 11.3 Å². The first-order valence-electron chi connectivity index (χ1n) is 11.9. The maximum atomic E-state index is 13.1. The van der Waals surface area contributed by atoms with Crippen LogP contribution in [0.5, 0.6) is 0 Å². The van der Waals surface area contributed by atoms with Gasteiger partial charge in [-0.15, -0.1) is 10.2 Å². The van der Waals surface area contributed by atoms with Crippen molar-refractivity contribution < 1.29 is 9.72 Å². The van der Waals surface area contributed by atoms with Crippen LogP contribution in [-0.2, 0) is 13.0 Å². The average molecular weight is 483 g/mol. The van der Waals surface area contributed by atoms with Crippen LogP contribution >= 0.6 is 0 Å². The van der Waals surface area contributed by atoms with Gasteiger partial charge in [0.25, 0.3) is 11.6 Å². The Balaban J connectivity index is 1.40. The van der Waals surface area contributed by atoms with Crippen LogP contribution in [0.25, 0.3) is 11.4 Å². The molecule has 9 nitrogen and oxygen atoms in total. The van der Waals surface area contributed by atoms with E-state index >= 15 is 0 Å². The maximum Gasteiger partial charge on any atom is 0.293 e. The summed E-state index contributed by atoms with van der Waals surface area (Å²) in [5.41, 5.74) is 3.41. The van der Waals surface area contributed by atoms with Crippen molar-refractivity contribution in [2.24, 2.45) is 0 Å². The molecule has 0 fully saturated rings. The molecule has 3 aromatic carbocycles. The van der Waals surface area contributed by atoms with E-state index in [2.05, 4.69) is 25.4 Å². The molecule has 2 N–H and O–H groups in total. The molecule has 9 heteroatoms. The summed E-state index contributed by atoms with van der Waals surface area (Å²) in [6, 6.07) is 19.4. The molecule has 0 saturated carbocycles. The lowest BCUT2D eigenvalue weighted by Crippen LogP contribution is -2.13. The van der Waals surface area contributed by atoms with Gasteiger partial charge in [0.05, 0.1) is 4.92 Å². The third-order valence-corrected chi connectivity index (χ3v) is 6.36. The van der Waals surface area contributed by atoms with E-state index in [0.29, 0.717) is 11.4 Å². The highest BCUT2D eigenvalue weighted by Gasteiger charge is 2.20. The number of amides is 1. The van der Waals surface area contributed by atoms with Crippen LogP contribution in [0.4, 0.5) is 22.7 Å². The smallest absolute Gasteiger partial charge is 0.293 e. The Morgan fingerprint density at radius 1 is 0.972 bits per heavy atom. The van der Waals surface area contributed by atoms with Crippen LogP contribution < -0.4 is 10.6 Å². The fourth-order valence-corrected chi connectivity index (χ4v) is 4.40. The van der Waals surface area contributed by atoms with Gasteiger partial charge in [-0.3, -0.25) is 14.9 Å². The molecule has 0 saturated heterocycles. The van der Waals surface area contributed by atoms with Crippen LogP contribution in [0, 0.1) is 17.0 Å². The van der Waals surface area contributed by atoms with E-state index in [0.717, 1.165) is 54.3 Å². The number of nitro groups is 1. The number of rotatable bonds is 6. The first kappa shape index (κ1) is 23.2. The van der Waals surface area contributed by atoms with Gasteiger partial charge in [-0.05, 0) is 55.7 Å². The van der Waals surface area contributed by atoms with Crippen LogP contribution in [0.1, 0.15) is 41.0 Å². The van der Waals surface area contributed by atoms with Gasteiger partial charge < -0.3 is 15.2 Å². The quantitative estimate of drug-likeness (QED) is 0.262. The Kier molecular flexibility index (Phi) is 6.44. The van der Waals surface area contributed by atoms with Crippen molar-refractivity contribution in [1.82, 2.24) is 14.8 Å². The van der Waals surface area contributed by atoms with Crippen molar-refractivity contribution in [2.75, 3.05) is 10.6 Å². The zero-order valence-electron chi connectivity index (χ0n) is 19.9. The van der Waals surface area contributed by atoms with Crippen molar-refractivity contribution in [3.05, 3.63) is 93.8 Å². The molecule has 182 valence electrons. The summed E-state index contributed by atoms with van der Waals surface area (Å²) >= 11 is 0. The largest absolute Gasteiger partial charge is 0.350 e. The molecule has 0 atom stereocenters. The summed E-state index contributed by atoms with van der Waals surface area (Å²) < 4.78 is 2.16. The number of hydrogen-bond donors (Lipinski definition) is 2. The van der Waals surface area contributed by atoms with Gasteiger partial charge in [0, 0.05) is 41.5 Å². The Labute approximate surface area is 208 Å². The van der Waals surface area contributed by atoms with E-state index in [4.69, 9.17) is 0 Å². The van der Waals surface area contributed by atoms with E-state index in [1.54, 1.807) is 12.1 Å². The topological polar surface area (TPSA) is 115 Å². The number of nitrogens with zero attached hydrogens (tertiary/aromatic N) is 4. The van der Waals surface area contributed by atoms with Gasteiger partial charge in [0.15, 0.2) is 5.82 Å². The second-order valence-corrected chi connectivity index (χ2v) is 8.87. The van der Waals surface area contributed by atoms with E-state index in [1.807, 2.05) is 55.5 Å². The normalized spacial score (nSPS) is 12.9. The van der Waals surface area contributed by atoms with Crippen LogP contribution in [0.2, 0.25) is 0 Å². The minimum Gasteiger partial charge on any atom is -0.350 e. The number of carbonyl (C=O) groups excluding carboxylic acids is 1. The predicted molar refractivity (Wildman–Crippen MR) is 139 cm³/mol. The van der Waals surface area contributed by atoms with Gasteiger partial charge in [0.1, 0.15) is 11.5 Å². The summed E-state index contributed by atoms with van der Waals surface area (Å²) in [6.07, 6.45) is 4.28. The van der Waals surface area contributed by atoms with E-state index in [1.165, 1.54) is 12.5 Å². The van der Waals surface area contributed by atoms with Crippen molar-refractivity contribution in [2.45, 2.75) is 39.2 Å². The van der Waals surface area contributed by atoms with Crippen LogP contribution in [-0.4, -0.2) is 25.6 Å². The number of nitro benzene ring substituents is 1. The Bertz CT molecular complexity index is 1430. The van der Waals surface area contributed by atoms with Crippen molar-refractivity contribution in [3.63, 3.8) is 0 Å². The zero-order valence-corrected chi connectivity index (χ0v) is 19.9. The second kappa shape index (κ2) is 9.99.